The van der Waals surface area contributed by atoms with Gasteiger partial charge in [0.2, 0.25) is 0 Å². The third-order valence-corrected chi connectivity index (χ3v) is 5.61. The summed E-state index contributed by atoms with van der Waals surface area (Å²) in [5, 5.41) is 0. The molecule has 0 saturated heterocycles. The molecule has 1 aliphatic rings. The van der Waals surface area contributed by atoms with Gasteiger partial charge in [0, 0.05) is 11.5 Å². The van der Waals surface area contributed by atoms with Gasteiger partial charge in [0.05, 0.1) is 6.61 Å². The van der Waals surface area contributed by atoms with Crippen molar-refractivity contribution in [2.45, 2.75) is 19.3 Å². The van der Waals surface area contributed by atoms with Crippen molar-refractivity contribution in [3.63, 3.8) is 0 Å². The maximum atomic E-state index is 13.9. The summed E-state index contributed by atoms with van der Waals surface area (Å²) in [6.07, 6.45) is 0.591. The lowest BCUT2D eigenvalue weighted by molar-refractivity contribution is -0.151. The number of ketones is 1. The van der Waals surface area contributed by atoms with E-state index in [1.54, 1.807) is 6.92 Å². The number of rotatable bonds is 5. The topological polar surface area (TPSA) is 43.4 Å². The van der Waals surface area contributed by atoms with Gasteiger partial charge in [0.1, 0.15) is 5.92 Å². The van der Waals surface area contributed by atoms with Crippen LogP contribution >= 0.6 is 0 Å². The number of allylic oxidation sites excluding steroid dienone is 2. The van der Waals surface area contributed by atoms with Gasteiger partial charge in [-0.15, -0.1) is 0 Å². The van der Waals surface area contributed by atoms with Crippen molar-refractivity contribution in [2.75, 3.05) is 6.61 Å². The fourth-order valence-corrected chi connectivity index (χ4v) is 4.26. The van der Waals surface area contributed by atoms with E-state index in [4.69, 9.17) is 4.74 Å². The Morgan fingerprint density at radius 1 is 0.833 bits per heavy atom. The van der Waals surface area contributed by atoms with Gasteiger partial charge in [-0.25, -0.2) is 0 Å². The van der Waals surface area contributed by atoms with Crippen LogP contribution in [0.2, 0.25) is 0 Å². The van der Waals surface area contributed by atoms with Crippen LogP contribution in [-0.4, -0.2) is 18.4 Å². The molecular formula is C27H24O3. The van der Waals surface area contributed by atoms with Crippen LogP contribution in [0.3, 0.4) is 0 Å². The minimum absolute atomic E-state index is 0.168. The monoisotopic (exact) mass is 396 g/mol. The van der Waals surface area contributed by atoms with Crippen LogP contribution in [0.4, 0.5) is 0 Å². The Kier molecular flexibility index (Phi) is 5.89. The molecule has 30 heavy (non-hydrogen) atoms. The quantitative estimate of drug-likeness (QED) is 0.420. The van der Waals surface area contributed by atoms with Crippen molar-refractivity contribution in [3.8, 4) is 0 Å². The van der Waals surface area contributed by atoms with Crippen LogP contribution in [0.25, 0.3) is 11.1 Å². The van der Waals surface area contributed by atoms with Crippen molar-refractivity contribution in [2.24, 2.45) is 5.92 Å². The molecule has 0 bridgehead atoms. The van der Waals surface area contributed by atoms with E-state index in [0.717, 1.165) is 22.3 Å². The number of Topliss-reactive ketones (excluding diaryl/α,β-unsaturated/α-hetero) is 1. The number of esters is 1. The largest absolute Gasteiger partial charge is 0.465 e. The van der Waals surface area contributed by atoms with E-state index in [-0.39, 0.29) is 18.3 Å². The Hall–Kier alpha value is -3.46. The molecule has 3 aromatic rings. The average molecular weight is 396 g/mol. The van der Waals surface area contributed by atoms with E-state index in [1.165, 1.54) is 0 Å². The molecule has 2 atom stereocenters. The van der Waals surface area contributed by atoms with Crippen molar-refractivity contribution in [3.05, 3.63) is 108 Å². The Morgan fingerprint density at radius 3 is 1.93 bits per heavy atom. The number of hydrogen-bond acceptors (Lipinski definition) is 3. The van der Waals surface area contributed by atoms with E-state index >= 15 is 0 Å². The normalized spacial score (nSPS) is 18.9. The SMILES string of the molecule is CCOC(=O)C1C(=O)C(c2ccccc2)=C(c2ccccc2)CC1c1ccccc1. The van der Waals surface area contributed by atoms with Gasteiger partial charge >= 0.3 is 5.97 Å². The zero-order valence-electron chi connectivity index (χ0n) is 17.0. The molecule has 0 fully saturated rings. The zero-order valence-corrected chi connectivity index (χ0v) is 17.0. The number of carbonyl (C=O) groups is 2. The fourth-order valence-electron chi connectivity index (χ4n) is 4.26. The molecule has 0 spiro atoms. The van der Waals surface area contributed by atoms with Gasteiger partial charge < -0.3 is 4.74 Å². The Balaban J connectivity index is 1.92. The Labute approximate surface area is 177 Å². The number of benzene rings is 3. The van der Waals surface area contributed by atoms with Crippen LogP contribution in [0.1, 0.15) is 36.0 Å². The second-order valence-electron chi connectivity index (χ2n) is 7.40. The molecule has 4 rings (SSSR count). The molecular weight excluding hydrogens is 372 g/mol. The van der Waals surface area contributed by atoms with E-state index in [0.29, 0.717) is 12.0 Å². The first kappa shape index (κ1) is 19.8. The highest BCUT2D eigenvalue weighted by Crippen LogP contribution is 2.46. The first-order valence-electron chi connectivity index (χ1n) is 10.3. The molecule has 2 unspecified atom stereocenters. The predicted molar refractivity (Wildman–Crippen MR) is 119 cm³/mol. The van der Waals surface area contributed by atoms with Crippen LogP contribution < -0.4 is 0 Å². The van der Waals surface area contributed by atoms with E-state index in [1.807, 2.05) is 91.0 Å². The highest BCUT2D eigenvalue weighted by molar-refractivity contribution is 6.33. The molecule has 0 radical (unpaired) electrons. The van der Waals surface area contributed by atoms with Crippen molar-refractivity contribution in [1.82, 2.24) is 0 Å². The summed E-state index contributed by atoms with van der Waals surface area (Å²) in [4.78, 5) is 26.8. The fraction of sp³-hybridized carbons (Fsp3) is 0.185. The van der Waals surface area contributed by atoms with Crippen LogP contribution in [0, 0.1) is 5.92 Å². The molecule has 0 aromatic heterocycles. The summed E-state index contributed by atoms with van der Waals surface area (Å²) in [5.74, 6) is -1.73. The second-order valence-corrected chi connectivity index (χ2v) is 7.40. The molecule has 0 amide bonds. The zero-order chi connectivity index (χ0) is 20.9. The van der Waals surface area contributed by atoms with Crippen molar-refractivity contribution < 1.29 is 14.3 Å². The van der Waals surface area contributed by atoms with Crippen LogP contribution in [0.15, 0.2) is 91.0 Å². The summed E-state index contributed by atoms with van der Waals surface area (Å²) in [7, 11) is 0. The number of carbonyl (C=O) groups excluding carboxylic acids is 2. The molecule has 3 nitrogen and oxygen atoms in total. The van der Waals surface area contributed by atoms with Crippen molar-refractivity contribution >= 4 is 22.9 Å². The van der Waals surface area contributed by atoms with Gasteiger partial charge in [-0.1, -0.05) is 91.0 Å². The van der Waals surface area contributed by atoms with Crippen LogP contribution in [0.5, 0.6) is 0 Å². The van der Waals surface area contributed by atoms with Gasteiger partial charge in [0.15, 0.2) is 5.78 Å². The molecule has 0 saturated carbocycles. The smallest absolute Gasteiger partial charge is 0.317 e. The highest BCUT2D eigenvalue weighted by atomic mass is 16.5. The maximum Gasteiger partial charge on any atom is 0.317 e. The van der Waals surface area contributed by atoms with E-state index < -0.39 is 11.9 Å². The Morgan fingerprint density at radius 2 is 1.37 bits per heavy atom. The van der Waals surface area contributed by atoms with Gasteiger partial charge in [-0.2, -0.15) is 0 Å². The summed E-state index contributed by atoms with van der Waals surface area (Å²) >= 11 is 0. The van der Waals surface area contributed by atoms with Gasteiger partial charge in [-0.05, 0) is 35.6 Å². The first-order chi connectivity index (χ1) is 14.7. The summed E-state index contributed by atoms with van der Waals surface area (Å²) in [6.45, 7) is 2.02. The minimum Gasteiger partial charge on any atom is -0.465 e. The molecule has 0 N–H and O–H groups in total. The maximum absolute atomic E-state index is 13.9. The van der Waals surface area contributed by atoms with Gasteiger partial charge in [-0.3, -0.25) is 9.59 Å². The lowest BCUT2D eigenvalue weighted by atomic mass is 9.69. The Bertz CT molecular complexity index is 1050. The summed E-state index contributed by atoms with van der Waals surface area (Å²) in [6, 6.07) is 29.4. The lowest BCUT2D eigenvalue weighted by Crippen LogP contribution is -2.36. The molecule has 150 valence electrons. The van der Waals surface area contributed by atoms with Gasteiger partial charge in [0.25, 0.3) is 0 Å². The summed E-state index contributed by atoms with van der Waals surface area (Å²) < 4.78 is 5.35. The predicted octanol–water partition coefficient (Wildman–Crippen LogP) is 5.53. The molecule has 3 heteroatoms. The minimum atomic E-state index is -0.852. The number of ether oxygens (including phenoxy) is 1. The van der Waals surface area contributed by atoms with Crippen molar-refractivity contribution in [1.29, 1.82) is 0 Å². The second kappa shape index (κ2) is 8.91. The third kappa shape index (κ3) is 3.84. The molecule has 1 aliphatic carbocycles. The molecule has 0 heterocycles. The lowest BCUT2D eigenvalue weighted by Gasteiger charge is -2.33. The van der Waals surface area contributed by atoms with E-state index in [2.05, 4.69) is 0 Å². The standard InChI is InChI=1S/C27H24O3/c1-2-30-27(29)25-23(20-14-8-4-9-15-20)18-22(19-12-6-3-7-13-19)24(26(25)28)21-16-10-5-11-17-21/h3-17,23,25H,2,18H2,1H3. The highest BCUT2D eigenvalue weighted by Gasteiger charge is 2.43. The number of hydrogen-bond donors (Lipinski definition) is 0. The molecule has 3 aromatic carbocycles. The summed E-state index contributed by atoms with van der Waals surface area (Å²) in [5.41, 5.74) is 4.41. The molecule has 0 aliphatic heterocycles. The average Bonchev–Trinajstić information content (AvgIpc) is 2.80. The van der Waals surface area contributed by atoms with E-state index in [9.17, 15) is 9.59 Å². The third-order valence-electron chi connectivity index (χ3n) is 5.61. The van der Waals surface area contributed by atoms with Crippen LogP contribution in [-0.2, 0) is 14.3 Å². The first-order valence-corrected chi connectivity index (χ1v) is 10.3.